The molecule has 2 amide bonds. The van der Waals surface area contributed by atoms with E-state index >= 15 is 0 Å². The predicted octanol–water partition coefficient (Wildman–Crippen LogP) is 1.85. The van der Waals surface area contributed by atoms with Gasteiger partial charge in [0.05, 0.1) is 0 Å². The zero-order chi connectivity index (χ0) is 13.8. The van der Waals surface area contributed by atoms with Crippen molar-refractivity contribution in [3.63, 3.8) is 0 Å². The summed E-state index contributed by atoms with van der Waals surface area (Å²) in [7, 11) is 0. The van der Waals surface area contributed by atoms with Gasteiger partial charge in [-0.3, -0.25) is 9.69 Å². The van der Waals surface area contributed by atoms with Gasteiger partial charge in [-0.15, -0.1) is 0 Å². The van der Waals surface area contributed by atoms with E-state index in [1.165, 1.54) is 4.90 Å². The van der Waals surface area contributed by atoms with Gasteiger partial charge in [-0.25, -0.2) is 4.79 Å². The molecule has 1 rings (SSSR count). The maximum atomic E-state index is 11.8. The maximum absolute atomic E-state index is 11.8. The van der Waals surface area contributed by atoms with E-state index in [-0.39, 0.29) is 12.5 Å². The van der Waals surface area contributed by atoms with Crippen LogP contribution in [-0.2, 0) is 9.53 Å². The van der Waals surface area contributed by atoms with Crippen LogP contribution in [0.1, 0.15) is 27.2 Å². The molecule has 1 fully saturated rings. The van der Waals surface area contributed by atoms with Gasteiger partial charge in [-0.05, 0) is 27.2 Å². The number of hydrogen-bond donors (Lipinski definition) is 0. The molecule has 6 heteroatoms. The Balaban J connectivity index is 2.45. The van der Waals surface area contributed by atoms with E-state index in [9.17, 15) is 9.59 Å². The van der Waals surface area contributed by atoms with Gasteiger partial charge in [-0.2, -0.15) is 0 Å². The van der Waals surface area contributed by atoms with Gasteiger partial charge in [0.25, 0.3) is 0 Å². The van der Waals surface area contributed by atoms with E-state index in [1.54, 1.807) is 4.90 Å². The summed E-state index contributed by atoms with van der Waals surface area (Å²) in [6.45, 7) is 7.45. The Labute approximate surface area is 117 Å². The van der Waals surface area contributed by atoms with Crippen LogP contribution in [0, 0.1) is 0 Å². The van der Waals surface area contributed by atoms with Gasteiger partial charge in [-0.1, -0.05) is 15.9 Å². The molecule has 1 aliphatic heterocycles. The number of nitrogens with zero attached hydrogens (tertiary/aromatic N) is 2. The fraction of sp³-hybridized carbons (Fsp3) is 0.833. The standard InChI is InChI=1S/C12H21BrN2O3/c1-12(2,3)18-11(17)15-8-7-14(6-4-5-13)10(16)9-15/h4-9H2,1-3H3. The highest BCUT2D eigenvalue weighted by molar-refractivity contribution is 9.09. The number of rotatable bonds is 3. The molecule has 0 spiro atoms. The zero-order valence-electron chi connectivity index (χ0n) is 11.2. The Morgan fingerprint density at radius 1 is 1.39 bits per heavy atom. The third kappa shape index (κ3) is 4.84. The fourth-order valence-corrected chi connectivity index (χ4v) is 1.93. The Hall–Kier alpha value is -0.780. The third-order valence-electron chi connectivity index (χ3n) is 2.53. The van der Waals surface area contributed by atoms with Crippen molar-refractivity contribution in [2.75, 3.05) is 31.5 Å². The average molecular weight is 321 g/mol. The van der Waals surface area contributed by atoms with E-state index < -0.39 is 11.7 Å². The molecule has 0 aromatic carbocycles. The number of alkyl halides is 1. The van der Waals surface area contributed by atoms with E-state index in [4.69, 9.17) is 4.74 Å². The second-order valence-corrected chi connectivity index (χ2v) is 6.12. The molecule has 0 aromatic heterocycles. The molecule has 1 aliphatic rings. The van der Waals surface area contributed by atoms with E-state index in [2.05, 4.69) is 15.9 Å². The SMILES string of the molecule is CC(C)(C)OC(=O)N1CCN(CCCBr)C(=O)C1. The van der Waals surface area contributed by atoms with Crippen molar-refractivity contribution in [1.29, 1.82) is 0 Å². The molecule has 0 N–H and O–H groups in total. The first-order valence-corrected chi connectivity index (χ1v) is 7.27. The highest BCUT2D eigenvalue weighted by Crippen LogP contribution is 2.12. The summed E-state index contributed by atoms with van der Waals surface area (Å²) in [5.41, 5.74) is -0.521. The lowest BCUT2D eigenvalue weighted by Crippen LogP contribution is -2.53. The van der Waals surface area contributed by atoms with Crippen LogP contribution in [0.3, 0.4) is 0 Å². The first-order chi connectivity index (χ1) is 8.33. The van der Waals surface area contributed by atoms with Crippen LogP contribution in [0.5, 0.6) is 0 Å². The van der Waals surface area contributed by atoms with Gasteiger partial charge < -0.3 is 9.64 Å². The Morgan fingerprint density at radius 3 is 2.56 bits per heavy atom. The molecular formula is C12H21BrN2O3. The van der Waals surface area contributed by atoms with Crippen molar-refractivity contribution in [3.8, 4) is 0 Å². The molecule has 5 nitrogen and oxygen atoms in total. The molecule has 18 heavy (non-hydrogen) atoms. The Morgan fingerprint density at radius 2 is 2.06 bits per heavy atom. The molecule has 0 aliphatic carbocycles. The molecule has 0 radical (unpaired) electrons. The second kappa shape index (κ2) is 6.41. The van der Waals surface area contributed by atoms with Crippen molar-refractivity contribution < 1.29 is 14.3 Å². The quantitative estimate of drug-likeness (QED) is 0.746. The molecule has 1 saturated heterocycles. The van der Waals surface area contributed by atoms with Crippen molar-refractivity contribution in [2.45, 2.75) is 32.8 Å². The zero-order valence-corrected chi connectivity index (χ0v) is 12.8. The number of piperazine rings is 1. The summed E-state index contributed by atoms with van der Waals surface area (Å²) < 4.78 is 5.25. The number of halogens is 1. The molecule has 0 saturated carbocycles. The normalized spacial score (nSPS) is 17.0. The molecule has 0 atom stereocenters. The first-order valence-electron chi connectivity index (χ1n) is 6.15. The van der Waals surface area contributed by atoms with Gasteiger partial charge in [0.15, 0.2) is 0 Å². The molecule has 1 heterocycles. The predicted molar refractivity (Wildman–Crippen MR) is 72.8 cm³/mol. The molecule has 0 aromatic rings. The highest BCUT2D eigenvalue weighted by atomic mass is 79.9. The number of carbonyl (C=O) groups excluding carboxylic acids is 2. The number of amides is 2. The first kappa shape index (κ1) is 15.3. The number of ether oxygens (including phenoxy) is 1. The van der Waals surface area contributed by atoms with E-state index in [1.807, 2.05) is 20.8 Å². The van der Waals surface area contributed by atoms with Gasteiger partial charge in [0.2, 0.25) is 5.91 Å². The topological polar surface area (TPSA) is 49.9 Å². The number of hydrogen-bond acceptors (Lipinski definition) is 3. The largest absolute Gasteiger partial charge is 0.444 e. The van der Waals surface area contributed by atoms with Crippen molar-refractivity contribution in [2.24, 2.45) is 0 Å². The van der Waals surface area contributed by atoms with Crippen LogP contribution in [0.25, 0.3) is 0 Å². The summed E-state index contributed by atoms with van der Waals surface area (Å²) >= 11 is 3.34. The minimum absolute atomic E-state index is 0.00643. The van der Waals surface area contributed by atoms with Crippen molar-refractivity contribution >= 4 is 27.9 Å². The second-order valence-electron chi connectivity index (χ2n) is 5.33. The molecular weight excluding hydrogens is 300 g/mol. The smallest absolute Gasteiger partial charge is 0.410 e. The maximum Gasteiger partial charge on any atom is 0.410 e. The lowest BCUT2D eigenvalue weighted by atomic mass is 10.2. The monoisotopic (exact) mass is 320 g/mol. The van der Waals surface area contributed by atoms with Crippen molar-refractivity contribution in [1.82, 2.24) is 9.80 Å². The van der Waals surface area contributed by atoms with Gasteiger partial charge in [0.1, 0.15) is 12.1 Å². The van der Waals surface area contributed by atoms with Crippen LogP contribution < -0.4 is 0 Å². The summed E-state index contributed by atoms with van der Waals surface area (Å²) in [6, 6.07) is 0. The lowest BCUT2D eigenvalue weighted by Gasteiger charge is -2.35. The van der Waals surface area contributed by atoms with Gasteiger partial charge in [0, 0.05) is 25.0 Å². The summed E-state index contributed by atoms with van der Waals surface area (Å²) in [6.07, 6.45) is 0.522. The fourth-order valence-electron chi connectivity index (χ4n) is 1.68. The van der Waals surface area contributed by atoms with E-state index in [0.29, 0.717) is 13.1 Å². The average Bonchev–Trinajstić information content (AvgIpc) is 2.25. The Bertz CT molecular complexity index is 315. The minimum Gasteiger partial charge on any atom is -0.444 e. The summed E-state index contributed by atoms with van der Waals surface area (Å²) in [5.74, 6) is -0.00643. The summed E-state index contributed by atoms with van der Waals surface area (Å²) in [4.78, 5) is 26.9. The molecule has 0 unspecified atom stereocenters. The summed E-state index contributed by atoms with van der Waals surface area (Å²) in [5, 5.41) is 0.882. The third-order valence-corrected chi connectivity index (χ3v) is 3.09. The van der Waals surface area contributed by atoms with Crippen LogP contribution in [0.15, 0.2) is 0 Å². The molecule has 0 bridgehead atoms. The van der Waals surface area contributed by atoms with Crippen LogP contribution in [0.4, 0.5) is 4.79 Å². The van der Waals surface area contributed by atoms with Crippen molar-refractivity contribution in [3.05, 3.63) is 0 Å². The van der Waals surface area contributed by atoms with Crippen LogP contribution in [-0.4, -0.2) is 58.9 Å². The molecule has 104 valence electrons. The van der Waals surface area contributed by atoms with Gasteiger partial charge >= 0.3 is 6.09 Å². The lowest BCUT2D eigenvalue weighted by molar-refractivity contribution is -0.135. The Kier molecular flexibility index (Phi) is 5.44. The van der Waals surface area contributed by atoms with Crippen LogP contribution >= 0.6 is 15.9 Å². The number of carbonyl (C=O) groups is 2. The highest BCUT2D eigenvalue weighted by Gasteiger charge is 2.29. The van der Waals surface area contributed by atoms with E-state index in [0.717, 1.165) is 18.3 Å². The van der Waals surface area contributed by atoms with Crippen LogP contribution in [0.2, 0.25) is 0 Å². The minimum atomic E-state index is -0.521.